The van der Waals surface area contributed by atoms with Gasteiger partial charge in [0, 0.05) is 30.7 Å². The van der Waals surface area contributed by atoms with E-state index in [4.69, 9.17) is 10.1 Å². The summed E-state index contributed by atoms with van der Waals surface area (Å²) in [6.45, 7) is 2.10. The topological polar surface area (TPSA) is 97.3 Å². The van der Waals surface area contributed by atoms with Crippen LogP contribution in [0.1, 0.15) is 59.9 Å². The molecule has 0 atom stereocenters. The van der Waals surface area contributed by atoms with E-state index in [1.54, 1.807) is 16.9 Å². The Hall–Kier alpha value is -3.26. The first-order chi connectivity index (χ1) is 15.1. The van der Waals surface area contributed by atoms with E-state index < -0.39 is 0 Å². The number of hydrogen-bond acceptors (Lipinski definition) is 5. The van der Waals surface area contributed by atoms with E-state index in [2.05, 4.69) is 33.0 Å². The average Bonchev–Trinajstić information content (AvgIpc) is 3.34. The maximum Gasteiger partial charge on any atom is 0.261 e. The van der Waals surface area contributed by atoms with Crippen LogP contribution >= 0.6 is 0 Å². The number of aromatic nitrogens is 5. The Morgan fingerprint density at radius 3 is 2.87 bits per heavy atom. The van der Waals surface area contributed by atoms with Crippen LogP contribution in [0.4, 0.5) is 5.69 Å². The molecule has 3 heterocycles. The Balaban J connectivity index is 1.40. The van der Waals surface area contributed by atoms with Crippen LogP contribution in [0.25, 0.3) is 16.7 Å². The summed E-state index contributed by atoms with van der Waals surface area (Å²) >= 11 is 0. The van der Waals surface area contributed by atoms with Gasteiger partial charge < -0.3 is 15.0 Å². The van der Waals surface area contributed by atoms with Gasteiger partial charge in [-0.05, 0) is 49.9 Å². The molecule has 0 spiro atoms. The first kappa shape index (κ1) is 19.7. The molecule has 1 saturated carbocycles. The number of nitrogens with one attached hydrogen (secondary N) is 1. The van der Waals surface area contributed by atoms with Crippen molar-refractivity contribution in [3.63, 3.8) is 0 Å². The number of amides is 1. The van der Waals surface area contributed by atoms with Crippen molar-refractivity contribution in [2.75, 3.05) is 11.9 Å². The van der Waals surface area contributed by atoms with Crippen LogP contribution in [0.5, 0.6) is 0 Å². The Morgan fingerprint density at radius 1 is 1.23 bits per heavy atom. The van der Waals surface area contributed by atoms with E-state index in [-0.39, 0.29) is 12.5 Å². The molecule has 1 aliphatic rings. The number of hydrogen-bond donors (Lipinski definition) is 2. The highest BCUT2D eigenvalue weighted by Gasteiger charge is 2.20. The molecular formula is C23H26N6O2. The number of aliphatic hydroxyl groups is 1. The van der Waals surface area contributed by atoms with Gasteiger partial charge in [-0.2, -0.15) is 5.10 Å². The predicted molar refractivity (Wildman–Crippen MR) is 118 cm³/mol. The molecule has 0 saturated heterocycles. The second-order valence-electron chi connectivity index (χ2n) is 8.24. The molecule has 3 aromatic heterocycles. The SMILES string of the molecule is Cc1nc2cc(NC(=O)c3cnn4cc(CCO)cnc34)ccc2n1C1CCCCC1. The molecule has 0 unspecified atom stereocenters. The zero-order chi connectivity index (χ0) is 21.4. The molecule has 4 aromatic rings. The van der Waals surface area contributed by atoms with Crippen molar-refractivity contribution >= 4 is 28.3 Å². The van der Waals surface area contributed by atoms with Gasteiger partial charge in [0.05, 0.1) is 17.2 Å². The third kappa shape index (κ3) is 3.67. The molecule has 8 nitrogen and oxygen atoms in total. The molecule has 1 aromatic carbocycles. The molecule has 5 rings (SSSR count). The molecule has 0 radical (unpaired) electrons. The smallest absolute Gasteiger partial charge is 0.261 e. The van der Waals surface area contributed by atoms with Gasteiger partial charge in [0.15, 0.2) is 5.65 Å². The number of aliphatic hydroxyl groups excluding tert-OH is 1. The van der Waals surface area contributed by atoms with Crippen LogP contribution in [0.2, 0.25) is 0 Å². The van der Waals surface area contributed by atoms with E-state index in [0.717, 1.165) is 22.4 Å². The highest BCUT2D eigenvalue weighted by molar-refractivity contribution is 6.08. The molecule has 1 amide bonds. The van der Waals surface area contributed by atoms with Gasteiger partial charge in [-0.1, -0.05) is 19.3 Å². The maximum atomic E-state index is 12.9. The van der Waals surface area contributed by atoms with Crippen LogP contribution in [-0.2, 0) is 6.42 Å². The van der Waals surface area contributed by atoms with Crippen molar-refractivity contribution < 1.29 is 9.90 Å². The third-order valence-corrected chi connectivity index (χ3v) is 6.12. The summed E-state index contributed by atoms with van der Waals surface area (Å²) in [6.07, 6.45) is 11.7. The Kier molecular flexibility index (Phi) is 5.15. The number of carbonyl (C=O) groups excluding carboxylic acids is 1. The lowest BCUT2D eigenvalue weighted by Gasteiger charge is -2.25. The lowest BCUT2D eigenvalue weighted by atomic mass is 9.95. The van der Waals surface area contributed by atoms with Crippen LogP contribution in [-0.4, -0.2) is 41.8 Å². The van der Waals surface area contributed by atoms with Crippen molar-refractivity contribution in [2.45, 2.75) is 51.5 Å². The summed E-state index contributed by atoms with van der Waals surface area (Å²) in [4.78, 5) is 22.0. The summed E-state index contributed by atoms with van der Waals surface area (Å²) in [6, 6.07) is 6.42. The van der Waals surface area contributed by atoms with E-state index in [1.165, 1.54) is 38.3 Å². The minimum Gasteiger partial charge on any atom is -0.396 e. The number of imidazole rings is 1. The lowest BCUT2D eigenvalue weighted by Crippen LogP contribution is -2.14. The van der Waals surface area contributed by atoms with Crippen LogP contribution in [0.15, 0.2) is 36.8 Å². The minimum absolute atomic E-state index is 0.0419. The van der Waals surface area contributed by atoms with E-state index in [9.17, 15) is 4.79 Å². The zero-order valence-electron chi connectivity index (χ0n) is 17.6. The number of anilines is 1. The first-order valence-corrected chi connectivity index (χ1v) is 10.9. The number of fused-ring (bicyclic) bond motifs is 2. The van der Waals surface area contributed by atoms with Crippen molar-refractivity contribution in [3.05, 3.63) is 53.7 Å². The highest BCUT2D eigenvalue weighted by atomic mass is 16.3. The van der Waals surface area contributed by atoms with E-state index >= 15 is 0 Å². The molecule has 2 N–H and O–H groups in total. The maximum absolute atomic E-state index is 12.9. The van der Waals surface area contributed by atoms with Crippen molar-refractivity contribution in [2.24, 2.45) is 0 Å². The summed E-state index contributed by atoms with van der Waals surface area (Å²) in [5, 5.41) is 16.3. The Labute approximate surface area is 179 Å². The van der Waals surface area contributed by atoms with Gasteiger partial charge in [-0.3, -0.25) is 4.79 Å². The van der Waals surface area contributed by atoms with E-state index in [0.29, 0.717) is 29.4 Å². The van der Waals surface area contributed by atoms with Crippen molar-refractivity contribution in [1.82, 2.24) is 24.1 Å². The Bertz CT molecular complexity index is 1250. The molecule has 0 aliphatic heterocycles. The third-order valence-electron chi connectivity index (χ3n) is 6.12. The van der Waals surface area contributed by atoms with Crippen LogP contribution < -0.4 is 5.32 Å². The average molecular weight is 419 g/mol. The van der Waals surface area contributed by atoms with Crippen molar-refractivity contribution in [1.29, 1.82) is 0 Å². The van der Waals surface area contributed by atoms with Gasteiger partial charge in [-0.25, -0.2) is 14.5 Å². The second-order valence-corrected chi connectivity index (χ2v) is 8.24. The van der Waals surface area contributed by atoms with E-state index in [1.807, 2.05) is 12.1 Å². The quantitative estimate of drug-likeness (QED) is 0.515. The summed E-state index contributed by atoms with van der Waals surface area (Å²) < 4.78 is 3.93. The standard InChI is InChI=1S/C23H26N6O2/c1-15-26-20-11-17(7-8-21(20)29(15)18-5-3-2-4-6-18)27-23(31)19-13-25-28-14-16(9-10-30)12-24-22(19)28/h7-8,11-14,18,30H,2-6,9-10H2,1H3,(H,27,31). The van der Waals surface area contributed by atoms with Crippen LogP contribution in [0, 0.1) is 6.92 Å². The monoisotopic (exact) mass is 418 g/mol. The number of rotatable bonds is 5. The van der Waals surface area contributed by atoms with Gasteiger partial charge >= 0.3 is 0 Å². The molecule has 8 heteroatoms. The van der Waals surface area contributed by atoms with Crippen molar-refractivity contribution in [3.8, 4) is 0 Å². The van der Waals surface area contributed by atoms with Gasteiger partial charge in [-0.15, -0.1) is 0 Å². The van der Waals surface area contributed by atoms with Gasteiger partial charge in [0.1, 0.15) is 11.4 Å². The summed E-state index contributed by atoms with van der Waals surface area (Å²) in [5.74, 6) is 0.760. The summed E-state index contributed by atoms with van der Waals surface area (Å²) in [5.41, 5.74) is 4.46. The molecule has 1 aliphatic carbocycles. The molecule has 31 heavy (non-hydrogen) atoms. The number of carbonyl (C=O) groups is 1. The Morgan fingerprint density at radius 2 is 2.06 bits per heavy atom. The highest BCUT2D eigenvalue weighted by Crippen LogP contribution is 2.33. The zero-order valence-corrected chi connectivity index (χ0v) is 17.6. The minimum atomic E-state index is -0.264. The molecule has 160 valence electrons. The van der Waals surface area contributed by atoms with Gasteiger partial charge in [0.25, 0.3) is 5.91 Å². The first-order valence-electron chi connectivity index (χ1n) is 10.9. The number of nitrogens with zero attached hydrogens (tertiary/aromatic N) is 5. The predicted octanol–water partition coefficient (Wildman–Crippen LogP) is 3.68. The fourth-order valence-electron chi connectivity index (χ4n) is 4.63. The second kappa shape index (κ2) is 8.11. The molecule has 1 fully saturated rings. The lowest BCUT2D eigenvalue weighted by molar-refractivity contribution is 0.102. The largest absolute Gasteiger partial charge is 0.396 e. The van der Waals surface area contributed by atoms with Gasteiger partial charge in [0.2, 0.25) is 0 Å². The number of benzene rings is 1. The fraction of sp³-hybridized carbons (Fsp3) is 0.391. The number of aryl methyl sites for hydroxylation is 1. The summed E-state index contributed by atoms with van der Waals surface area (Å²) in [7, 11) is 0. The van der Waals surface area contributed by atoms with Crippen LogP contribution in [0.3, 0.4) is 0 Å². The normalized spacial score (nSPS) is 15.0. The fourth-order valence-corrected chi connectivity index (χ4v) is 4.63. The molecule has 0 bridgehead atoms. The molecular weight excluding hydrogens is 392 g/mol.